The van der Waals surface area contributed by atoms with Gasteiger partial charge in [-0.2, -0.15) is 0 Å². The van der Waals surface area contributed by atoms with Gasteiger partial charge < -0.3 is 10.2 Å². The molecule has 0 radical (unpaired) electrons. The summed E-state index contributed by atoms with van der Waals surface area (Å²) in [7, 11) is 3.59. The van der Waals surface area contributed by atoms with Gasteiger partial charge in [-0.25, -0.2) is 4.98 Å². The maximum atomic E-state index is 12.3. The van der Waals surface area contributed by atoms with Gasteiger partial charge in [-0.05, 0) is 19.1 Å². The summed E-state index contributed by atoms with van der Waals surface area (Å²) in [5, 5.41) is 3.00. The SMILES string of the molecule is CNc1ccnc(C(=O)N(C)Cc2scnc2C)c1. The second-order valence-electron chi connectivity index (χ2n) is 4.20. The van der Waals surface area contributed by atoms with Gasteiger partial charge in [0.2, 0.25) is 0 Å². The molecular weight excluding hydrogens is 260 g/mol. The zero-order valence-electron chi connectivity index (χ0n) is 11.2. The van der Waals surface area contributed by atoms with Crippen molar-refractivity contribution in [2.24, 2.45) is 0 Å². The minimum Gasteiger partial charge on any atom is -0.388 e. The molecule has 0 spiro atoms. The summed E-state index contributed by atoms with van der Waals surface area (Å²) in [6, 6.07) is 3.57. The van der Waals surface area contributed by atoms with Crippen molar-refractivity contribution in [3.05, 3.63) is 40.1 Å². The molecule has 5 nitrogen and oxygen atoms in total. The molecule has 1 amide bonds. The summed E-state index contributed by atoms with van der Waals surface area (Å²) in [5.41, 5.74) is 4.09. The average molecular weight is 276 g/mol. The molecule has 0 aromatic carbocycles. The van der Waals surface area contributed by atoms with Gasteiger partial charge in [0, 0.05) is 30.9 Å². The number of nitrogens with one attached hydrogen (secondary N) is 1. The van der Waals surface area contributed by atoms with E-state index < -0.39 is 0 Å². The molecule has 100 valence electrons. The number of carbonyl (C=O) groups is 1. The molecule has 2 heterocycles. The van der Waals surface area contributed by atoms with Crippen LogP contribution >= 0.6 is 11.3 Å². The second-order valence-corrected chi connectivity index (χ2v) is 5.14. The summed E-state index contributed by atoms with van der Waals surface area (Å²) in [4.78, 5) is 23.3. The van der Waals surface area contributed by atoms with Gasteiger partial charge in [0.15, 0.2) is 0 Å². The number of amides is 1. The first-order valence-corrected chi connectivity index (χ1v) is 6.78. The highest BCUT2D eigenvalue weighted by Crippen LogP contribution is 2.16. The first-order chi connectivity index (χ1) is 9.11. The van der Waals surface area contributed by atoms with Crippen molar-refractivity contribution in [1.82, 2.24) is 14.9 Å². The van der Waals surface area contributed by atoms with E-state index in [1.807, 2.05) is 20.0 Å². The molecular formula is C13H16N4OS. The molecule has 0 saturated carbocycles. The van der Waals surface area contributed by atoms with E-state index in [-0.39, 0.29) is 5.91 Å². The van der Waals surface area contributed by atoms with Crippen LogP contribution in [0.25, 0.3) is 0 Å². The van der Waals surface area contributed by atoms with E-state index in [0.29, 0.717) is 12.2 Å². The number of aromatic nitrogens is 2. The van der Waals surface area contributed by atoms with E-state index in [2.05, 4.69) is 15.3 Å². The Kier molecular flexibility index (Phi) is 4.11. The lowest BCUT2D eigenvalue weighted by molar-refractivity contribution is 0.0780. The molecule has 0 atom stereocenters. The topological polar surface area (TPSA) is 58.1 Å². The molecule has 2 aromatic heterocycles. The fourth-order valence-corrected chi connectivity index (χ4v) is 2.49. The quantitative estimate of drug-likeness (QED) is 0.929. The Morgan fingerprint density at radius 2 is 2.26 bits per heavy atom. The van der Waals surface area contributed by atoms with E-state index >= 15 is 0 Å². The fraction of sp³-hybridized carbons (Fsp3) is 0.308. The number of anilines is 1. The molecule has 0 fully saturated rings. The van der Waals surface area contributed by atoms with Gasteiger partial charge in [0.25, 0.3) is 5.91 Å². The number of aryl methyl sites for hydroxylation is 1. The maximum Gasteiger partial charge on any atom is 0.272 e. The van der Waals surface area contributed by atoms with Crippen LogP contribution in [0.15, 0.2) is 23.8 Å². The van der Waals surface area contributed by atoms with Crippen LogP contribution in [0.4, 0.5) is 5.69 Å². The number of nitrogens with zero attached hydrogens (tertiary/aromatic N) is 3. The number of hydrogen-bond acceptors (Lipinski definition) is 5. The van der Waals surface area contributed by atoms with Crippen LogP contribution in [0.3, 0.4) is 0 Å². The Hall–Kier alpha value is -1.95. The molecule has 0 saturated heterocycles. The first-order valence-electron chi connectivity index (χ1n) is 5.90. The van der Waals surface area contributed by atoms with Gasteiger partial charge in [-0.3, -0.25) is 9.78 Å². The Morgan fingerprint density at radius 1 is 1.47 bits per heavy atom. The van der Waals surface area contributed by atoms with E-state index in [0.717, 1.165) is 16.3 Å². The number of rotatable bonds is 4. The summed E-state index contributed by atoms with van der Waals surface area (Å²) in [6.07, 6.45) is 1.63. The van der Waals surface area contributed by atoms with Crippen molar-refractivity contribution in [2.75, 3.05) is 19.4 Å². The Balaban J connectivity index is 2.12. The van der Waals surface area contributed by atoms with Crippen LogP contribution in [0.5, 0.6) is 0 Å². The Bertz CT molecular complexity index is 582. The smallest absolute Gasteiger partial charge is 0.272 e. The lowest BCUT2D eigenvalue weighted by Gasteiger charge is -2.16. The molecule has 19 heavy (non-hydrogen) atoms. The zero-order valence-corrected chi connectivity index (χ0v) is 12.0. The summed E-state index contributed by atoms with van der Waals surface area (Å²) in [5.74, 6) is -0.0927. The summed E-state index contributed by atoms with van der Waals surface area (Å²) < 4.78 is 0. The highest BCUT2D eigenvalue weighted by atomic mass is 32.1. The van der Waals surface area contributed by atoms with Gasteiger partial charge >= 0.3 is 0 Å². The van der Waals surface area contributed by atoms with Crippen LogP contribution in [-0.4, -0.2) is 34.9 Å². The largest absolute Gasteiger partial charge is 0.388 e. The molecule has 2 rings (SSSR count). The predicted octanol–water partition coefficient (Wildman–Crippen LogP) is 2.16. The summed E-state index contributed by atoms with van der Waals surface area (Å²) in [6.45, 7) is 2.50. The molecule has 0 aliphatic heterocycles. The molecule has 1 N–H and O–H groups in total. The minimum absolute atomic E-state index is 0.0927. The van der Waals surface area contributed by atoms with Crippen LogP contribution in [0, 0.1) is 6.92 Å². The third kappa shape index (κ3) is 3.08. The van der Waals surface area contributed by atoms with E-state index in [4.69, 9.17) is 0 Å². The van der Waals surface area contributed by atoms with Crippen molar-refractivity contribution in [2.45, 2.75) is 13.5 Å². The maximum absolute atomic E-state index is 12.3. The Morgan fingerprint density at radius 3 is 2.89 bits per heavy atom. The first kappa shape index (κ1) is 13.5. The van der Waals surface area contributed by atoms with Crippen molar-refractivity contribution < 1.29 is 4.79 Å². The number of pyridine rings is 1. The van der Waals surface area contributed by atoms with Gasteiger partial charge in [-0.15, -0.1) is 11.3 Å². The lowest BCUT2D eigenvalue weighted by Crippen LogP contribution is -2.27. The second kappa shape index (κ2) is 5.79. The number of thiazole rings is 1. The lowest BCUT2D eigenvalue weighted by atomic mass is 10.2. The molecule has 0 unspecified atom stereocenters. The van der Waals surface area contributed by atoms with E-state index in [1.54, 1.807) is 41.1 Å². The normalized spacial score (nSPS) is 10.3. The monoisotopic (exact) mass is 276 g/mol. The number of hydrogen-bond donors (Lipinski definition) is 1. The van der Waals surface area contributed by atoms with Gasteiger partial charge in [-0.1, -0.05) is 0 Å². The molecule has 0 aliphatic rings. The van der Waals surface area contributed by atoms with Crippen LogP contribution in [-0.2, 0) is 6.54 Å². The van der Waals surface area contributed by atoms with Crippen molar-refractivity contribution in [1.29, 1.82) is 0 Å². The van der Waals surface area contributed by atoms with Crippen molar-refractivity contribution >= 4 is 22.9 Å². The summed E-state index contributed by atoms with van der Waals surface area (Å²) >= 11 is 1.56. The standard InChI is InChI=1S/C13H16N4OS/c1-9-12(19-8-16-9)7-17(3)13(18)11-6-10(14-2)4-5-15-11/h4-6,8H,7H2,1-3H3,(H,14,15). The Labute approximate surface area is 116 Å². The minimum atomic E-state index is -0.0927. The van der Waals surface area contributed by atoms with Crippen LogP contribution < -0.4 is 5.32 Å². The predicted molar refractivity (Wildman–Crippen MR) is 76.4 cm³/mol. The number of carbonyl (C=O) groups excluding carboxylic acids is 1. The van der Waals surface area contributed by atoms with Crippen LogP contribution in [0.1, 0.15) is 21.1 Å². The zero-order chi connectivity index (χ0) is 13.8. The van der Waals surface area contributed by atoms with Gasteiger partial charge in [0.1, 0.15) is 5.69 Å². The fourth-order valence-electron chi connectivity index (χ4n) is 1.66. The third-order valence-corrected chi connectivity index (χ3v) is 3.76. The van der Waals surface area contributed by atoms with E-state index in [1.165, 1.54) is 0 Å². The highest BCUT2D eigenvalue weighted by molar-refractivity contribution is 7.09. The molecule has 6 heteroatoms. The van der Waals surface area contributed by atoms with Gasteiger partial charge in [0.05, 0.1) is 17.7 Å². The molecule has 0 bridgehead atoms. The van der Waals surface area contributed by atoms with Crippen LogP contribution in [0.2, 0.25) is 0 Å². The highest BCUT2D eigenvalue weighted by Gasteiger charge is 2.15. The third-order valence-electron chi connectivity index (χ3n) is 2.84. The van der Waals surface area contributed by atoms with Crippen molar-refractivity contribution in [3.63, 3.8) is 0 Å². The van der Waals surface area contributed by atoms with Crippen molar-refractivity contribution in [3.8, 4) is 0 Å². The molecule has 2 aromatic rings. The average Bonchev–Trinajstić information content (AvgIpc) is 2.83. The molecule has 0 aliphatic carbocycles. The van der Waals surface area contributed by atoms with E-state index in [9.17, 15) is 4.79 Å².